The molecule has 2 aromatic rings. The van der Waals surface area contributed by atoms with E-state index in [-0.39, 0.29) is 28.7 Å². The molecular formula is C24H33N3O3. The van der Waals surface area contributed by atoms with Gasteiger partial charge in [-0.1, -0.05) is 34.6 Å². The molecule has 1 amide bonds. The van der Waals surface area contributed by atoms with Crippen LogP contribution in [0.2, 0.25) is 0 Å². The number of likely N-dealkylation sites (tertiary alicyclic amines) is 1. The zero-order chi connectivity index (χ0) is 21.8. The predicted octanol–water partition coefficient (Wildman–Crippen LogP) is 4.79. The Balaban J connectivity index is 1.72. The first kappa shape index (κ1) is 20.9. The van der Waals surface area contributed by atoms with Crippen LogP contribution >= 0.6 is 0 Å². The fourth-order valence-electron chi connectivity index (χ4n) is 5.99. The van der Waals surface area contributed by atoms with E-state index in [2.05, 4.69) is 36.0 Å². The van der Waals surface area contributed by atoms with Crippen molar-refractivity contribution in [3.63, 3.8) is 0 Å². The lowest BCUT2D eigenvalue weighted by Gasteiger charge is -2.40. The van der Waals surface area contributed by atoms with Gasteiger partial charge in [0.1, 0.15) is 6.04 Å². The van der Waals surface area contributed by atoms with E-state index >= 15 is 0 Å². The van der Waals surface area contributed by atoms with E-state index in [1.165, 1.54) is 0 Å². The van der Waals surface area contributed by atoms with Gasteiger partial charge in [0.05, 0.1) is 0 Å². The van der Waals surface area contributed by atoms with Crippen molar-refractivity contribution in [1.29, 1.82) is 0 Å². The van der Waals surface area contributed by atoms with Crippen LogP contribution in [-0.2, 0) is 9.59 Å². The quantitative estimate of drug-likeness (QED) is 0.660. The summed E-state index contributed by atoms with van der Waals surface area (Å²) in [6.07, 6.45) is 5.02. The number of carbonyl (C=O) groups excluding carboxylic acids is 1. The lowest BCUT2D eigenvalue weighted by molar-refractivity contribution is -0.144. The second-order valence-electron chi connectivity index (χ2n) is 10.8. The van der Waals surface area contributed by atoms with E-state index in [1.54, 1.807) is 0 Å². The zero-order valence-corrected chi connectivity index (χ0v) is 18.6. The third-order valence-electron chi connectivity index (χ3n) is 6.82. The van der Waals surface area contributed by atoms with E-state index in [0.29, 0.717) is 5.69 Å². The highest BCUT2D eigenvalue weighted by Gasteiger charge is 2.52. The van der Waals surface area contributed by atoms with Gasteiger partial charge in [-0.05, 0) is 48.3 Å². The molecular weight excluding hydrogens is 378 g/mol. The number of carbonyl (C=O) groups is 2. The van der Waals surface area contributed by atoms with Gasteiger partial charge in [0, 0.05) is 46.9 Å². The number of benzene rings is 1. The largest absolute Gasteiger partial charge is 0.480 e. The Kier molecular flexibility index (Phi) is 4.96. The normalized spacial score (nSPS) is 26.8. The topological polar surface area (TPSA) is 85.4 Å². The molecule has 3 atom stereocenters. The van der Waals surface area contributed by atoms with Crippen LogP contribution in [0.5, 0.6) is 0 Å². The van der Waals surface area contributed by atoms with Gasteiger partial charge in [-0.3, -0.25) is 14.5 Å². The van der Waals surface area contributed by atoms with Crippen molar-refractivity contribution in [3.8, 4) is 0 Å². The molecule has 0 unspecified atom stereocenters. The number of amides is 1. The molecule has 1 aliphatic carbocycles. The van der Waals surface area contributed by atoms with Crippen molar-refractivity contribution in [2.24, 2.45) is 16.7 Å². The highest BCUT2D eigenvalue weighted by Crippen LogP contribution is 2.54. The van der Waals surface area contributed by atoms with Gasteiger partial charge in [-0.25, -0.2) is 0 Å². The minimum absolute atomic E-state index is 0.0512. The Morgan fingerprint density at radius 3 is 2.63 bits per heavy atom. The standard InChI is InChI=1S/C24H33N3O3/c1-14(2)21(28)26-15-6-7-19-17(8-15)18(11-25-19)20(22(29)30)27-13-24(5)10-16(27)9-23(3,4)12-24/h6-8,11,14,16,20,25H,9-10,12-13H2,1-5H3,(H,26,28)(H,29,30)/t16-,20-,24+/m1/s1. The number of anilines is 1. The van der Waals surface area contributed by atoms with Crippen molar-refractivity contribution in [1.82, 2.24) is 9.88 Å². The molecule has 3 N–H and O–H groups in total. The molecule has 6 nitrogen and oxygen atoms in total. The molecule has 6 heteroatoms. The Labute approximate surface area is 178 Å². The summed E-state index contributed by atoms with van der Waals surface area (Å²) in [6, 6.07) is 5.22. The Morgan fingerprint density at radius 1 is 1.23 bits per heavy atom. The molecule has 2 fully saturated rings. The summed E-state index contributed by atoms with van der Waals surface area (Å²) in [7, 11) is 0. The van der Waals surface area contributed by atoms with Gasteiger partial charge in [-0.2, -0.15) is 0 Å². The molecule has 0 spiro atoms. The first-order valence-corrected chi connectivity index (χ1v) is 10.9. The van der Waals surface area contributed by atoms with Crippen LogP contribution in [-0.4, -0.2) is 39.5 Å². The number of rotatable bonds is 5. The van der Waals surface area contributed by atoms with Crippen molar-refractivity contribution < 1.29 is 14.7 Å². The van der Waals surface area contributed by atoms with Crippen molar-refractivity contribution >= 4 is 28.5 Å². The van der Waals surface area contributed by atoms with Gasteiger partial charge >= 0.3 is 5.97 Å². The third-order valence-corrected chi connectivity index (χ3v) is 6.82. The summed E-state index contributed by atoms with van der Waals surface area (Å²) in [5.41, 5.74) is 2.73. The van der Waals surface area contributed by atoms with Crippen LogP contribution in [0.1, 0.15) is 65.5 Å². The molecule has 1 saturated heterocycles. The maximum absolute atomic E-state index is 12.5. The van der Waals surface area contributed by atoms with Gasteiger partial charge in [0.25, 0.3) is 0 Å². The number of hydrogen-bond acceptors (Lipinski definition) is 3. The molecule has 30 heavy (non-hydrogen) atoms. The van der Waals surface area contributed by atoms with Crippen LogP contribution in [0.25, 0.3) is 10.9 Å². The number of H-pyrrole nitrogens is 1. The second-order valence-corrected chi connectivity index (χ2v) is 10.8. The highest BCUT2D eigenvalue weighted by atomic mass is 16.4. The van der Waals surface area contributed by atoms with Crippen molar-refractivity contribution in [2.75, 3.05) is 11.9 Å². The molecule has 2 bridgehead atoms. The number of aromatic nitrogens is 1. The van der Waals surface area contributed by atoms with Crippen molar-refractivity contribution in [2.45, 2.75) is 66.0 Å². The number of carboxylic acid groups (broad SMARTS) is 1. The Bertz CT molecular complexity index is 993. The molecule has 1 aromatic carbocycles. The molecule has 2 heterocycles. The van der Waals surface area contributed by atoms with Crippen LogP contribution in [0.4, 0.5) is 5.69 Å². The van der Waals surface area contributed by atoms with E-state index in [4.69, 9.17) is 0 Å². The van der Waals surface area contributed by atoms with Crippen LogP contribution in [0.15, 0.2) is 24.4 Å². The second kappa shape index (κ2) is 7.12. The molecule has 2 aliphatic rings. The monoisotopic (exact) mass is 411 g/mol. The predicted molar refractivity (Wildman–Crippen MR) is 118 cm³/mol. The Morgan fingerprint density at radius 2 is 1.97 bits per heavy atom. The molecule has 162 valence electrons. The number of aliphatic carboxylic acids is 1. The SMILES string of the molecule is CC(C)C(=O)Nc1ccc2[nH]cc([C@H](C(=O)O)N3C[C@@]4(C)C[C@H]3CC(C)(C)C4)c2c1. The number of carboxylic acids is 1. The van der Waals surface area contributed by atoms with Crippen molar-refractivity contribution in [3.05, 3.63) is 30.0 Å². The van der Waals surface area contributed by atoms with Gasteiger partial charge in [0.2, 0.25) is 5.91 Å². The number of nitrogens with zero attached hydrogens (tertiary/aromatic N) is 1. The smallest absolute Gasteiger partial charge is 0.325 e. The van der Waals surface area contributed by atoms with Gasteiger partial charge in [0.15, 0.2) is 0 Å². The third kappa shape index (κ3) is 3.73. The van der Waals surface area contributed by atoms with Gasteiger partial charge < -0.3 is 15.4 Å². The summed E-state index contributed by atoms with van der Waals surface area (Å²) in [6.45, 7) is 11.4. The van der Waals surface area contributed by atoms with E-state index in [0.717, 1.165) is 42.3 Å². The summed E-state index contributed by atoms with van der Waals surface area (Å²) in [5.74, 6) is -0.989. The fourth-order valence-corrected chi connectivity index (χ4v) is 5.99. The maximum Gasteiger partial charge on any atom is 0.325 e. The summed E-state index contributed by atoms with van der Waals surface area (Å²) in [5, 5.41) is 14.0. The van der Waals surface area contributed by atoms with Crippen LogP contribution < -0.4 is 5.32 Å². The number of nitrogens with one attached hydrogen (secondary N) is 2. The average Bonchev–Trinajstić information content (AvgIpc) is 3.12. The number of fused-ring (bicyclic) bond motifs is 3. The Hall–Kier alpha value is -2.34. The number of hydrogen-bond donors (Lipinski definition) is 3. The lowest BCUT2D eigenvalue weighted by atomic mass is 9.65. The number of aromatic amines is 1. The zero-order valence-electron chi connectivity index (χ0n) is 18.6. The summed E-state index contributed by atoms with van der Waals surface area (Å²) >= 11 is 0. The highest BCUT2D eigenvalue weighted by molar-refractivity contribution is 5.96. The summed E-state index contributed by atoms with van der Waals surface area (Å²) < 4.78 is 0. The fraction of sp³-hybridized carbons (Fsp3) is 0.583. The molecule has 4 rings (SSSR count). The average molecular weight is 412 g/mol. The lowest BCUT2D eigenvalue weighted by Crippen LogP contribution is -2.39. The molecule has 1 saturated carbocycles. The van der Waals surface area contributed by atoms with E-state index < -0.39 is 12.0 Å². The molecule has 1 aromatic heterocycles. The maximum atomic E-state index is 12.5. The first-order chi connectivity index (χ1) is 14.0. The first-order valence-electron chi connectivity index (χ1n) is 10.9. The van der Waals surface area contributed by atoms with Crippen LogP contribution in [0, 0.1) is 16.7 Å². The molecule has 1 aliphatic heterocycles. The minimum atomic E-state index is -0.818. The van der Waals surface area contributed by atoms with Gasteiger partial charge in [-0.15, -0.1) is 0 Å². The van der Waals surface area contributed by atoms with E-state index in [9.17, 15) is 14.7 Å². The molecule has 0 radical (unpaired) electrons. The van der Waals surface area contributed by atoms with Crippen LogP contribution in [0.3, 0.4) is 0 Å². The summed E-state index contributed by atoms with van der Waals surface area (Å²) in [4.78, 5) is 30.1. The minimum Gasteiger partial charge on any atom is -0.480 e. The van der Waals surface area contributed by atoms with E-state index in [1.807, 2.05) is 38.2 Å².